The molecule has 4 heteroatoms. The minimum atomic E-state index is -0.835. The van der Waals surface area contributed by atoms with Crippen molar-refractivity contribution in [3.8, 4) is 11.5 Å². The maximum absolute atomic E-state index is 12.9. The predicted octanol–water partition coefficient (Wildman–Crippen LogP) is 5.84. The first-order chi connectivity index (χ1) is 12.3. The summed E-state index contributed by atoms with van der Waals surface area (Å²) >= 11 is 6.03. The van der Waals surface area contributed by atoms with Crippen molar-refractivity contribution >= 4 is 23.0 Å². The van der Waals surface area contributed by atoms with E-state index in [4.69, 9.17) is 21.1 Å². The zero-order chi connectivity index (χ0) is 18.9. The van der Waals surface area contributed by atoms with Gasteiger partial charge in [-0.05, 0) is 74.7 Å². The van der Waals surface area contributed by atoms with Gasteiger partial charge in [-0.15, -0.1) is 0 Å². The van der Waals surface area contributed by atoms with Crippen LogP contribution in [-0.2, 0) is 16.0 Å². The van der Waals surface area contributed by atoms with Crippen molar-refractivity contribution in [3.63, 3.8) is 0 Å². The van der Waals surface area contributed by atoms with Gasteiger partial charge in [-0.25, -0.2) is 0 Å². The van der Waals surface area contributed by atoms with E-state index in [-0.39, 0.29) is 11.9 Å². The van der Waals surface area contributed by atoms with Gasteiger partial charge in [-0.3, -0.25) is 4.79 Å². The summed E-state index contributed by atoms with van der Waals surface area (Å²) in [6.45, 7) is 7.66. The van der Waals surface area contributed by atoms with Crippen molar-refractivity contribution in [3.05, 3.63) is 64.7 Å². The van der Waals surface area contributed by atoms with Crippen LogP contribution in [0.2, 0.25) is 5.02 Å². The molecule has 0 aliphatic carbocycles. The minimum Gasteiger partial charge on any atom is -0.457 e. The van der Waals surface area contributed by atoms with Gasteiger partial charge in [0, 0.05) is 10.6 Å². The summed E-state index contributed by atoms with van der Waals surface area (Å²) in [4.78, 5) is 12.9. The Morgan fingerprint density at radius 2 is 1.88 bits per heavy atom. The van der Waals surface area contributed by atoms with E-state index in [2.05, 4.69) is 6.92 Å². The first-order valence-electron chi connectivity index (χ1n) is 8.81. The normalized spacial score (nSPS) is 19.2. The minimum absolute atomic E-state index is 0.00907. The van der Waals surface area contributed by atoms with Gasteiger partial charge >= 0.3 is 0 Å². The van der Waals surface area contributed by atoms with Crippen LogP contribution in [0.3, 0.4) is 0 Å². The highest BCUT2D eigenvalue weighted by Crippen LogP contribution is 2.35. The second-order valence-corrected chi connectivity index (χ2v) is 7.41. The number of aryl methyl sites for hydroxylation is 1. The molecule has 0 radical (unpaired) electrons. The van der Waals surface area contributed by atoms with Gasteiger partial charge in [-0.2, -0.15) is 0 Å². The molecule has 1 heterocycles. The van der Waals surface area contributed by atoms with Crippen LogP contribution < -0.4 is 4.74 Å². The third kappa shape index (κ3) is 3.84. The van der Waals surface area contributed by atoms with Crippen molar-refractivity contribution in [2.75, 3.05) is 0 Å². The number of benzene rings is 2. The topological polar surface area (TPSA) is 35.5 Å². The molecule has 0 saturated heterocycles. The number of Topliss-reactive ketones (excluding diaryl/α,β-unsaturated/α-hetero) is 1. The summed E-state index contributed by atoms with van der Waals surface area (Å²) in [6.07, 6.45) is 2.60. The summed E-state index contributed by atoms with van der Waals surface area (Å²) in [5, 5.41) is 0.616. The van der Waals surface area contributed by atoms with Crippen LogP contribution in [0.4, 0.5) is 0 Å². The van der Waals surface area contributed by atoms with Gasteiger partial charge in [0.25, 0.3) is 0 Å². The molecule has 2 aromatic carbocycles. The van der Waals surface area contributed by atoms with E-state index in [1.54, 1.807) is 12.1 Å². The van der Waals surface area contributed by atoms with Gasteiger partial charge in [0.1, 0.15) is 17.1 Å². The van der Waals surface area contributed by atoms with Crippen LogP contribution in [0.1, 0.15) is 38.8 Å². The Bertz CT molecular complexity index is 867. The molecule has 0 N–H and O–H groups in total. The summed E-state index contributed by atoms with van der Waals surface area (Å²) in [6, 6.07) is 13.1. The van der Waals surface area contributed by atoms with Crippen molar-refractivity contribution in [1.82, 2.24) is 0 Å². The van der Waals surface area contributed by atoms with Crippen molar-refractivity contribution in [1.29, 1.82) is 0 Å². The summed E-state index contributed by atoms with van der Waals surface area (Å²) < 4.78 is 11.7. The fourth-order valence-corrected chi connectivity index (χ4v) is 3.42. The third-order valence-corrected chi connectivity index (χ3v) is 4.69. The van der Waals surface area contributed by atoms with Crippen LogP contribution in [0.5, 0.6) is 11.5 Å². The zero-order valence-electron chi connectivity index (χ0n) is 15.5. The van der Waals surface area contributed by atoms with Crippen molar-refractivity contribution < 1.29 is 14.3 Å². The third-order valence-electron chi connectivity index (χ3n) is 4.46. The highest BCUT2D eigenvalue weighted by molar-refractivity contribution is 6.30. The van der Waals surface area contributed by atoms with E-state index < -0.39 is 5.60 Å². The molecule has 3 nitrogen and oxygen atoms in total. The number of hydrogen-bond acceptors (Lipinski definition) is 3. The van der Waals surface area contributed by atoms with Gasteiger partial charge in [-0.1, -0.05) is 30.7 Å². The second kappa shape index (κ2) is 7.26. The Labute approximate surface area is 159 Å². The molecule has 0 bridgehead atoms. The van der Waals surface area contributed by atoms with E-state index in [0.29, 0.717) is 22.1 Å². The molecule has 0 aromatic heterocycles. The van der Waals surface area contributed by atoms with Gasteiger partial charge in [0.2, 0.25) is 0 Å². The summed E-state index contributed by atoms with van der Waals surface area (Å²) in [7, 11) is 0. The number of carbonyl (C=O) groups is 1. The van der Waals surface area contributed by atoms with Gasteiger partial charge < -0.3 is 9.47 Å². The second-order valence-electron chi connectivity index (χ2n) is 6.97. The average Bonchev–Trinajstić information content (AvgIpc) is 2.58. The SMILES string of the molecule is CCc1ccc(Oc2cccc(Cl)c2)cc1C1=CC(C)OC(C)(C)C1=O. The Kier molecular flexibility index (Phi) is 5.22. The number of carbonyl (C=O) groups excluding carboxylic acids is 1. The average molecular weight is 371 g/mol. The number of ether oxygens (including phenoxy) is 2. The Hall–Kier alpha value is -2.10. The molecule has 0 amide bonds. The monoisotopic (exact) mass is 370 g/mol. The molecule has 26 heavy (non-hydrogen) atoms. The lowest BCUT2D eigenvalue weighted by molar-refractivity contribution is -0.139. The van der Waals surface area contributed by atoms with Crippen LogP contribution in [-0.4, -0.2) is 17.5 Å². The summed E-state index contributed by atoms with van der Waals surface area (Å²) in [5.41, 5.74) is 1.87. The standard InChI is InChI=1S/C22H23ClO3/c1-5-15-9-10-18(25-17-8-6-7-16(23)12-17)13-19(15)20-11-14(2)26-22(3,4)21(20)24/h6-14H,5H2,1-4H3. The fourth-order valence-electron chi connectivity index (χ4n) is 3.24. The first kappa shape index (κ1) is 18.7. The smallest absolute Gasteiger partial charge is 0.194 e. The van der Waals surface area contributed by atoms with E-state index in [0.717, 1.165) is 17.5 Å². The number of ketones is 1. The number of rotatable bonds is 4. The first-order valence-corrected chi connectivity index (χ1v) is 9.19. The molecule has 0 fully saturated rings. The molecule has 1 aliphatic heterocycles. The maximum Gasteiger partial charge on any atom is 0.194 e. The molecule has 1 atom stereocenters. The lowest BCUT2D eigenvalue weighted by atomic mass is 9.85. The van der Waals surface area contributed by atoms with E-state index in [1.807, 2.05) is 57.2 Å². The van der Waals surface area contributed by atoms with Crippen LogP contribution in [0.25, 0.3) is 5.57 Å². The molecular weight excluding hydrogens is 348 g/mol. The predicted molar refractivity (Wildman–Crippen MR) is 105 cm³/mol. The quantitative estimate of drug-likeness (QED) is 0.677. The molecule has 1 aliphatic rings. The molecular formula is C22H23ClO3. The van der Waals surface area contributed by atoms with Crippen molar-refractivity contribution in [2.24, 2.45) is 0 Å². The lowest BCUT2D eigenvalue weighted by Gasteiger charge is -2.33. The number of hydrogen-bond donors (Lipinski definition) is 0. The summed E-state index contributed by atoms with van der Waals surface area (Å²) in [5.74, 6) is 1.32. The van der Waals surface area contributed by atoms with Crippen LogP contribution in [0, 0.1) is 0 Å². The van der Waals surface area contributed by atoms with E-state index in [1.165, 1.54) is 0 Å². The largest absolute Gasteiger partial charge is 0.457 e. The van der Waals surface area contributed by atoms with Crippen molar-refractivity contribution in [2.45, 2.75) is 45.8 Å². The maximum atomic E-state index is 12.9. The highest BCUT2D eigenvalue weighted by Gasteiger charge is 2.37. The zero-order valence-corrected chi connectivity index (χ0v) is 16.3. The van der Waals surface area contributed by atoms with E-state index >= 15 is 0 Å². The molecule has 0 saturated carbocycles. The Balaban J connectivity index is 2.02. The molecule has 136 valence electrons. The highest BCUT2D eigenvalue weighted by atomic mass is 35.5. The fraction of sp³-hybridized carbons (Fsp3) is 0.318. The molecule has 3 rings (SSSR count). The molecule has 1 unspecified atom stereocenters. The Morgan fingerprint density at radius 1 is 1.15 bits per heavy atom. The number of halogens is 1. The Morgan fingerprint density at radius 3 is 2.58 bits per heavy atom. The van der Waals surface area contributed by atoms with E-state index in [9.17, 15) is 4.79 Å². The lowest BCUT2D eigenvalue weighted by Crippen LogP contribution is -2.41. The molecule has 0 spiro atoms. The van der Waals surface area contributed by atoms with Crippen LogP contribution >= 0.6 is 11.6 Å². The van der Waals surface area contributed by atoms with Gasteiger partial charge in [0.15, 0.2) is 5.78 Å². The van der Waals surface area contributed by atoms with Gasteiger partial charge in [0.05, 0.1) is 6.10 Å². The molecule has 2 aromatic rings. The van der Waals surface area contributed by atoms with Crippen LogP contribution in [0.15, 0.2) is 48.5 Å².